The molecular formula is C12H18ClN3O3S. The Labute approximate surface area is 122 Å². The van der Waals surface area contributed by atoms with Gasteiger partial charge in [-0.3, -0.25) is 9.89 Å². The third-order valence-corrected chi connectivity index (χ3v) is 4.88. The van der Waals surface area contributed by atoms with Crippen LogP contribution < -0.4 is 0 Å². The molecule has 0 radical (unpaired) electrons. The Kier molecular flexibility index (Phi) is 4.70. The second-order valence-electron chi connectivity index (χ2n) is 4.88. The number of aromatic nitrogens is 2. The summed E-state index contributed by atoms with van der Waals surface area (Å²) in [5.74, 6) is -0.359. The van der Waals surface area contributed by atoms with Crippen molar-refractivity contribution in [3.05, 3.63) is 11.4 Å². The second-order valence-corrected chi connectivity index (χ2v) is 7.38. The molecule has 1 aromatic heterocycles. The van der Waals surface area contributed by atoms with Gasteiger partial charge in [-0.25, -0.2) is 8.42 Å². The molecule has 1 N–H and O–H groups in total. The first-order chi connectivity index (χ1) is 9.45. The number of H-pyrrole nitrogens is 1. The van der Waals surface area contributed by atoms with Crippen LogP contribution in [0.5, 0.6) is 0 Å². The molecule has 112 valence electrons. The predicted molar refractivity (Wildman–Crippen MR) is 75.4 cm³/mol. The second kappa shape index (κ2) is 6.13. The number of nitrogens with one attached hydrogen (secondary N) is 1. The lowest BCUT2D eigenvalue weighted by molar-refractivity contribution is 0.0752. The van der Waals surface area contributed by atoms with Crippen LogP contribution in [0.25, 0.3) is 0 Å². The first-order valence-corrected chi connectivity index (χ1v) is 9.07. The van der Waals surface area contributed by atoms with Gasteiger partial charge in [0.1, 0.15) is 4.90 Å². The highest BCUT2D eigenvalue weighted by atomic mass is 35.7. The lowest BCUT2D eigenvalue weighted by Gasteiger charge is -2.19. The summed E-state index contributed by atoms with van der Waals surface area (Å²) in [6.07, 6.45) is 4.46. The molecule has 1 amide bonds. The zero-order valence-electron chi connectivity index (χ0n) is 11.4. The fourth-order valence-electron chi connectivity index (χ4n) is 2.44. The van der Waals surface area contributed by atoms with Crippen LogP contribution in [-0.4, -0.2) is 42.5 Å². The van der Waals surface area contributed by atoms with Gasteiger partial charge in [-0.15, -0.1) is 0 Å². The van der Waals surface area contributed by atoms with Crippen molar-refractivity contribution >= 4 is 25.6 Å². The Morgan fingerprint density at radius 3 is 2.40 bits per heavy atom. The maximum atomic E-state index is 12.5. The van der Waals surface area contributed by atoms with Crippen molar-refractivity contribution < 1.29 is 13.2 Å². The summed E-state index contributed by atoms with van der Waals surface area (Å²) in [6.45, 7) is 3.04. The van der Waals surface area contributed by atoms with E-state index in [0.29, 0.717) is 25.2 Å². The summed E-state index contributed by atoms with van der Waals surface area (Å²) in [7, 11) is 1.45. The number of aromatic amines is 1. The monoisotopic (exact) mass is 319 g/mol. The third-order valence-electron chi connectivity index (χ3n) is 3.49. The fourth-order valence-corrected chi connectivity index (χ4v) is 3.79. The summed E-state index contributed by atoms with van der Waals surface area (Å²) in [4.78, 5) is 14.0. The van der Waals surface area contributed by atoms with Gasteiger partial charge in [0.05, 0.1) is 5.69 Å². The minimum Gasteiger partial charge on any atom is -0.337 e. The molecule has 20 heavy (non-hydrogen) atoms. The largest absolute Gasteiger partial charge is 0.337 e. The summed E-state index contributed by atoms with van der Waals surface area (Å²) in [5.41, 5.74) is 0.289. The summed E-state index contributed by atoms with van der Waals surface area (Å²) < 4.78 is 23.4. The number of carbonyl (C=O) groups is 1. The van der Waals surface area contributed by atoms with Gasteiger partial charge in [-0.1, -0.05) is 19.8 Å². The normalized spacial score (nSPS) is 17.0. The molecule has 6 nitrogen and oxygen atoms in total. The molecule has 2 rings (SSSR count). The van der Waals surface area contributed by atoms with Gasteiger partial charge in [0.2, 0.25) is 0 Å². The third kappa shape index (κ3) is 3.15. The predicted octanol–water partition coefficient (Wildman–Crippen LogP) is 1.92. The SMILES string of the molecule is CCc1[nH]nc(C(=O)N2CCCCCC2)c1S(=O)(=O)Cl. The average Bonchev–Trinajstić information content (AvgIpc) is 2.65. The van der Waals surface area contributed by atoms with E-state index in [-0.39, 0.29) is 16.5 Å². The molecule has 2 heterocycles. The van der Waals surface area contributed by atoms with Crippen LogP contribution in [0.15, 0.2) is 4.90 Å². The maximum Gasteiger partial charge on any atom is 0.275 e. The van der Waals surface area contributed by atoms with Gasteiger partial charge in [0, 0.05) is 23.8 Å². The number of nitrogens with zero attached hydrogens (tertiary/aromatic N) is 2. The van der Waals surface area contributed by atoms with E-state index in [2.05, 4.69) is 10.2 Å². The summed E-state index contributed by atoms with van der Waals surface area (Å²) in [6, 6.07) is 0. The molecule has 0 atom stereocenters. The van der Waals surface area contributed by atoms with Crippen LogP contribution >= 0.6 is 10.7 Å². The Bertz CT molecular complexity index is 589. The molecule has 0 spiro atoms. The lowest BCUT2D eigenvalue weighted by Crippen LogP contribution is -2.32. The summed E-state index contributed by atoms with van der Waals surface area (Å²) >= 11 is 0. The first-order valence-electron chi connectivity index (χ1n) is 6.76. The van der Waals surface area contributed by atoms with Gasteiger partial charge in [-0.2, -0.15) is 5.10 Å². The number of rotatable bonds is 3. The number of halogens is 1. The van der Waals surface area contributed by atoms with Crippen molar-refractivity contribution in [3.8, 4) is 0 Å². The Morgan fingerprint density at radius 1 is 1.30 bits per heavy atom. The Balaban J connectivity index is 2.37. The molecule has 0 saturated carbocycles. The van der Waals surface area contributed by atoms with Crippen LogP contribution in [0.3, 0.4) is 0 Å². The van der Waals surface area contributed by atoms with Crippen molar-refractivity contribution in [2.45, 2.75) is 43.9 Å². The molecule has 1 saturated heterocycles. The number of hydrogen-bond acceptors (Lipinski definition) is 4. The molecule has 8 heteroatoms. The topological polar surface area (TPSA) is 83.1 Å². The van der Waals surface area contributed by atoms with Gasteiger partial charge < -0.3 is 4.90 Å². The standard InChI is InChI=1S/C12H18ClN3O3S/c1-2-9-11(20(13,18)19)10(15-14-9)12(17)16-7-5-3-4-6-8-16/h2-8H2,1H3,(H,14,15). The average molecular weight is 320 g/mol. The van der Waals surface area contributed by atoms with Gasteiger partial charge >= 0.3 is 0 Å². The molecule has 1 aromatic rings. The van der Waals surface area contributed by atoms with Gasteiger partial charge in [0.15, 0.2) is 5.69 Å². The van der Waals surface area contributed by atoms with E-state index in [1.807, 2.05) is 0 Å². The smallest absolute Gasteiger partial charge is 0.275 e. The molecule has 1 aliphatic rings. The van der Waals surface area contributed by atoms with E-state index in [1.54, 1.807) is 11.8 Å². The number of likely N-dealkylation sites (tertiary alicyclic amines) is 1. The van der Waals surface area contributed by atoms with E-state index < -0.39 is 9.05 Å². The Hall–Kier alpha value is -1.08. The van der Waals surface area contributed by atoms with Crippen LogP contribution in [0, 0.1) is 0 Å². The highest BCUT2D eigenvalue weighted by molar-refractivity contribution is 8.13. The Morgan fingerprint density at radius 2 is 1.90 bits per heavy atom. The van der Waals surface area contributed by atoms with E-state index in [4.69, 9.17) is 10.7 Å². The maximum absolute atomic E-state index is 12.5. The zero-order valence-corrected chi connectivity index (χ0v) is 12.9. The van der Waals surface area contributed by atoms with Crippen LogP contribution in [0.4, 0.5) is 0 Å². The van der Waals surface area contributed by atoms with Crippen molar-refractivity contribution in [2.75, 3.05) is 13.1 Å². The molecule has 0 aromatic carbocycles. The lowest BCUT2D eigenvalue weighted by atomic mass is 10.2. The van der Waals surface area contributed by atoms with E-state index in [9.17, 15) is 13.2 Å². The number of hydrogen-bond donors (Lipinski definition) is 1. The van der Waals surface area contributed by atoms with Crippen molar-refractivity contribution in [1.29, 1.82) is 0 Å². The number of aryl methyl sites for hydroxylation is 1. The molecule has 1 fully saturated rings. The van der Waals surface area contributed by atoms with Crippen molar-refractivity contribution in [1.82, 2.24) is 15.1 Å². The molecular weight excluding hydrogens is 302 g/mol. The quantitative estimate of drug-likeness (QED) is 0.863. The fraction of sp³-hybridized carbons (Fsp3) is 0.667. The molecule has 0 bridgehead atoms. The van der Waals surface area contributed by atoms with Gasteiger partial charge in [-0.05, 0) is 19.3 Å². The number of amides is 1. The van der Waals surface area contributed by atoms with Crippen molar-refractivity contribution in [2.24, 2.45) is 0 Å². The zero-order chi connectivity index (χ0) is 14.8. The number of carbonyl (C=O) groups excluding carboxylic acids is 1. The highest BCUT2D eigenvalue weighted by Crippen LogP contribution is 2.24. The van der Waals surface area contributed by atoms with E-state index >= 15 is 0 Å². The van der Waals surface area contributed by atoms with E-state index in [0.717, 1.165) is 25.7 Å². The summed E-state index contributed by atoms with van der Waals surface area (Å²) in [5, 5.41) is 6.48. The highest BCUT2D eigenvalue weighted by Gasteiger charge is 2.30. The molecule has 0 unspecified atom stereocenters. The van der Waals surface area contributed by atoms with Crippen molar-refractivity contribution in [3.63, 3.8) is 0 Å². The van der Waals surface area contributed by atoms with E-state index in [1.165, 1.54) is 0 Å². The van der Waals surface area contributed by atoms with Crippen LogP contribution in [0.2, 0.25) is 0 Å². The minimum absolute atomic E-state index is 0.0845. The van der Waals surface area contributed by atoms with Crippen LogP contribution in [0.1, 0.15) is 48.8 Å². The molecule has 1 aliphatic heterocycles. The first kappa shape index (κ1) is 15.3. The molecule has 0 aliphatic carbocycles. The minimum atomic E-state index is -3.99. The van der Waals surface area contributed by atoms with Gasteiger partial charge in [0.25, 0.3) is 15.0 Å². The van der Waals surface area contributed by atoms with Crippen LogP contribution in [-0.2, 0) is 15.5 Å².